The second-order valence-corrected chi connectivity index (χ2v) is 9.94. The predicted molar refractivity (Wildman–Crippen MR) is 118 cm³/mol. The maximum atomic E-state index is 12.5. The zero-order valence-electron chi connectivity index (χ0n) is 17.8. The Kier molecular flexibility index (Phi) is 8.15. The predicted octanol–water partition coefficient (Wildman–Crippen LogP) is 3.05. The summed E-state index contributed by atoms with van der Waals surface area (Å²) in [5.41, 5.74) is 1.23. The van der Waals surface area contributed by atoms with Crippen LogP contribution in [0.25, 0.3) is 0 Å². The highest BCUT2D eigenvalue weighted by molar-refractivity contribution is 7.87. The normalized spacial score (nSPS) is 12.8. The molecule has 0 radical (unpaired) electrons. The lowest BCUT2D eigenvalue weighted by atomic mass is 10.1. The molecule has 31 heavy (non-hydrogen) atoms. The van der Waals surface area contributed by atoms with Crippen LogP contribution >= 0.6 is 11.3 Å². The Morgan fingerprint density at radius 1 is 1.23 bits per heavy atom. The molecule has 0 fully saturated rings. The van der Waals surface area contributed by atoms with Crippen molar-refractivity contribution in [3.63, 3.8) is 0 Å². The molecule has 1 heterocycles. The molecule has 1 aromatic heterocycles. The van der Waals surface area contributed by atoms with Gasteiger partial charge in [-0.15, -0.1) is 11.3 Å². The molecular formula is C20H27N3O6S2. The number of hydrogen-bond donors (Lipinski definition) is 3. The topological polar surface area (TPSA) is 135 Å². The Labute approximate surface area is 186 Å². The molecule has 11 heteroatoms. The standard InChI is InChI=1S/C20H27N3O6S2/c1-5-14-12-30-19(21-14)16(22-17(24)11-18(25)29-20(2,3)4)10-13-6-8-15(9-7-13)23-31(26,27)28/h6-9,12,16,23H,5,10-11H2,1-4H3,(H,22,24)(H,26,27,28). The lowest BCUT2D eigenvalue weighted by molar-refractivity contribution is -0.156. The molecule has 0 aliphatic carbocycles. The minimum absolute atomic E-state index is 0.208. The molecule has 0 aliphatic rings. The number of carbonyl (C=O) groups excluding carboxylic acids is 2. The van der Waals surface area contributed by atoms with Crippen molar-refractivity contribution in [3.05, 3.63) is 45.9 Å². The molecule has 0 spiro atoms. The van der Waals surface area contributed by atoms with Crippen molar-refractivity contribution >= 4 is 39.2 Å². The Bertz CT molecular complexity index is 1010. The molecule has 0 bridgehead atoms. The van der Waals surface area contributed by atoms with E-state index in [0.29, 0.717) is 11.4 Å². The number of ether oxygens (including phenoxy) is 1. The second kappa shape index (κ2) is 10.2. The largest absolute Gasteiger partial charge is 0.460 e. The lowest BCUT2D eigenvalue weighted by Crippen LogP contribution is -2.33. The van der Waals surface area contributed by atoms with E-state index in [1.54, 1.807) is 32.9 Å². The molecule has 9 nitrogen and oxygen atoms in total. The van der Waals surface area contributed by atoms with E-state index in [0.717, 1.165) is 17.7 Å². The number of nitrogens with one attached hydrogen (secondary N) is 2. The molecule has 2 aromatic rings. The number of anilines is 1. The SMILES string of the molecule is CCc1csc(C(Cc2ccc(NS(=O)(=O)O)cc2)NC(=O)CC(=O)OC(C)(C)C)n1. The number of carbonyl (C=O) groups is 2. The van der Waals surface area contributed by atoms with Gasteiger partial charge in [-0.2, -0.15) is 8.42 Å². The maximum Gasteiger partial charge on any atom is 0.357 e. The van der Waals surface area contributed by atoms with Crippen LogP contribution in [0, 0.1) is 0 Å². The van der Waals surface area contributed by atoms with Crippen LogP contribution in [0.1, 0.15) is 56.4 Å². The zero-order chi connectivity index (χ0) is 23.2. The fraction of sp³-hybridized carbons (Fsp3) is 0.450. The Balaban J connectivity index is 2.14. The number of aromatic nitrogens is 1. The van der Waals surface area contributed by atoms with Crippen LogP contribution in [0.15, 0.2) is 29.6 Å². The first kappa shape index (κ1) is 24.8. The van der Waals surface area contributed by atoms with E-state index in [9.17, 15) is 18.0 Å². The van der Waals surface area contributed by atoms with Gasteiger partial charge < -0.3 is 10.1 Å². The van der Waals surface area contributed by atoms with Gasteiger partial charge in [-0.05, 0) is 51.3 Å². The van der Waals surface area contributed by atoms with Crippen LogP contribution in [-0.4, -0.2) is 35.4 Å². The van der Waals surface area contributed by atoms with Crippen molar-refractivity contribution in [1.82, 2.24) is 10.3 Å². The van der Waals surface area contributed by atoms with Gasteiger partial charge in [-0.3, -0.25) is 18.9 Å². The zero-order valence-corrected chi connectivity index (χ0v) is 19.5. The Hall–Kier alpha value is -2.50. The average Bonchev–Trinajstić information content (AvgIpc) is 3.09. The molecular weight excluding hydrogens is 442 g/mol. The summed E-state index contributed by atoms with van der Waals surface area (Å²) in [6.45, 7) is 7.17. The third-order valence-corrected chi connectivity index (χ3v) is 5.43. The van der Waals surface area contributed by atoms with E-state index in [1.165, 1.54) is 23.5 Å². The maximum absolute atomic E-state index is 12.5. The molecule has 2 rings (SSSR count). The van der Waals surface area contributed by atoms with Crippen LogP contribution in [0.4, 0.5) is 5.69 Å². The van der Waals surface area contributed by atoms with Crippen LogP contribution in [-0.2, 0) is 37.5 Å². The van der Waals surface area contributed by atoms with Gasteiger partial charge in [-0.25, -0.2) is 4.98 Å². The van der Waals surface area contributed by atoms with Gasteiger partial charge in [-0.1, -0.05) is 19.1 Å². The second-order valence-electron chi connectivity index (χ2n) is 7.89. The van der Waals surface area contributed by atoms with Gasteiger partial charge in [0.1, 0.15) is 17.0 Å². The fourth-order valence-electron chi connectivity index (χ4n) is 2.69. The third-order valence-electron chi connectivity index (χ3n) is 3.93. The molecule has 1 unspecified atom stereocenters. The van der Waals surface area contributed by atoms with Crippen molar-refractivity contribution in [2.24, 2.45) is 0 Å². The molecule has 0 saturated heterocycles. The van der Waals surface area contributed by atoms with Crippen molar-refractivity contribution in [1.29, 1.82) is 0 Å². The summed E-state index contributed by atoms with van der Waals surface area (Å²) in [6.07, 6.45) is 0.727. The van der Waals surface area contributed by atoms with Crippen LogP contribution < -0.4 is 10.0 Å². The minimum Gasteiger partial charge on any atom is -0.460 e. The highest BCUT2D eigenvalue weighted by Gasteiger charge is 2.23. The van der Waals surface area contributed by atoms with Crippen LogP contribution in [0.2, 0.25) is 0 Å². The number of aryl methyl sites for hydroxylation is 1. The number of esters is 1. The lowest BCUT2D eigenvalue weighted by Gasteiger charge is -2.20. The molecule has 0 aliphatic heterocycles. The fourth-order valence-corrected chi connectivity index (χ4v) is 4.08. The third kappa shape index (κ3) is 9.03. The Morgan fingerprint density at radius 3 is 2.39 bits per heavy atom. The number of benzene rings is 1. The highest BCUT2D eigenvalue weighted by Crippen LogP contribution is 2.24. The molecule has 170 valence electrons. The van der Waals surface area contributed by atoms with Gasteiger partial charge in [0, 0.05) is 5.38 Å². The number of amides is 1. The number of hydrogen-bond acceptors (Lipinski definition) is 7. The van der Waals surface area contributed by atoms with Crippen molar-refractivity contribution in [3.8, 4) is 0 Å². The first-order valence-electron chi connectivity index (χ1n) is 9.64. The summed E-state index contributed by atoms with van der Waals surface area (Å²) in [4.78, 5) is 29.0. The summed E-state index contributed by atoms with van der Waals surface area (Å²) in [5.74, 6) is -1.09. The molecule has 3 N–H and O–H groups in total. The highest BCUT2D eigenvalue weighted by atomic mass is 32.2. The number of nitrogens with zero attached hydrogens (tertiary/aromatic N) is 1. The first-order valence-corrected chi connectivity index (χ1v) is 12.0. The van der Waals surface area contributed by atoms with Crippen molar-refractivity contribution < 1.29 is 27.3 Å². The van der Waals surface area contributed by atoms with Gasteiger partial charge >= 0.3 is 16.3 Å². The summed E-state index contributed by atoms with van der Waals surface area (Å²) >= 11 is 1.42. The van der Waals surface area contributed by atoms with E-state index in [4.69, 9.17) is 9.29 Å². The van der Waals surface area contributed by atoms with Gasteiger partial charge in [0.2, 0.25) is 5.91 Å². The van der Waals surface area contributed by atoms with Gasteiger partial charge in [0.15, 0.2) is 0 Å². The molecule has 1 amide bonds. The average molecular weight is 470 g/mol. The van der Waals surface area contributed by atoms with E-state index in [2.05, 4.69) is 10.3 Å². The van der Waals surface area contributed by atoms with Crippen LogP contribution in [0.5, 0.6) is 0 Å². The Morgan fingerprint density at radius 2 is 1.87 bits per heavy atom. The molecule has 1 aromatic carbocycles. The smallest absolute Gasteiger partial charge is 0.357 e. The first-order chi connectivity index (χ1) is 14.3. The van der Waals surface area contributed by atoms with Crippen molar-refractivity contribution in [2.45, 2.75) is 58.6 Å². The quantitative estimate of drug-likeness (QED) is 0.292. The van der Waals surface area contributed by atoms with Crippen LogP contribution in [0.3, 0.4) is 0 Å². The van der Waals surface area contributed by atoms with E-state index in [-0.39, 0.29) is 5.69 Å². The monoisotopic (exact) mass is 469 g/mol. The number of rotatable bonds is 9. The molecule has 1 atom stereocenters. The van der Waals surface area contributed by atoms with Crippen molar-refractivity contribution in [2.75, 3.05) is 4.72 Å². The summed E-state index contributed by atoms with van der Waals surface area (Å²) < 4.78 is 37.9. The summed E-state index contributed by atoms with van der Waals surface area (Å²) in [7, 11) is -4.36. The van der Waals surface area contributed by atoms with E-state index in [1.807, 2.05) is 17.0 Å². The number of thiazole rings is 1. The summed E-state index contributed by atoms with van der Waals surface area (Å²) in [5, 5.41) is 5.47. The van der Waals surface area contributed by atoms with Gasteiger partial charge in [0.05, 0.1) is 17.4 Å². The summed E-state index contributed by atoms with van der Waals surface area (Å²) in [6, 6.07) is 5.88. The van der Waals surface area contributed by atoms with E-state index >= 15 is 0 Å². The van der Waals surface area contributed by atoms with Gasteiger partial charge in [0.25, 0.3) is 0 Å². The molecule has 0 saturated carbocycles. The minimum atomic E-state index is -4.36. The van der Waals surface area contributed by atoms with E-state index < -0.39 is 40.2 Å².